The highest BCUT2D eigenvalue weighted by Crippen LogP contribution is 2.23. The molecular formula is C15H12N3O2. The Labute approximate surface area is 116 Å². The number of benzene rings is 2. The minimum atomic E-state index is 0.216. The summed E-state index contributed by atoms with van der Waals surface area (Å²) in [5.74, 6) is 1.66. The van der Waals surface area contributed by atoms with Crippen molar-refractivity contribution in [2.24, 2.45) is 0 Å². The van der Waals surface area contributed by atoms with Crippen LogP contribution in [-0.4, -0.2) is 27.0 Å². The molecule has 3 rings (SSSR count). The predicted octanol–water partition coefficient (Wildman–Crippen LogP) is 2.45. The molecule has 5 nitrogen and oxygen atoms in total. The number of methoxy groups -OCH3 is 1. The third-order valence-corrected chi connectivity index (χ3v) is 2.94. The Morgan fingerprint density at radius 3 is 2.40 bits per heavy atom. The van der Waals surface area contributed by atoms with Crippen molar-refractivity contribution >= 4 is 0 Å². The molecule has 20 heavy (non-hydrogen) atoms. The van der Waals surface area contributed by atoms with E-state index in [1.807, 2.05) is 24.3 Å². The van der Waals surface area contributed by atoms with E-state index in [4.69, 9.17) is 4.74 Å². The fourth-order valence-electron chi connectivity index (χ4n) is 1.91. The number of phenols is 1. The zero-order valence-corrected chi connectivity index (χ0v) is 10.8. The normalized spacial score (nSPS) is 10.4. The Hall–Kier alpha value is -2.82. The largest absolute Gasteiger partial charge is 0.508 e. The molecule has 1 aromatic heterocycles. The number of hydrogen-bond acceptors (Lipinski definition) is 4. The highest BCUT2D eigenvalue weighted by atomic mass is 16.5. The van der Waals surface area contributed by atoms with E-state index in [1.165, 1.54) is 0 Å². The molecule has 0 spiro atoms. The number of ether oxygens (including phenoxy) is 1. The molecule has 0 fully saturated rings. The maximum Gasteiger partial charge on any atom is 0.221 e. The fourth-order valence-corrected chi connectivity index (χ4v) is 1.91. The van der Waals surface area contributed by atoms with Crippen LogP contribution < -0.4 is 4.74 Å². The summed E-state index contributed by atoms with van der Waals surface area (Å²) >= 11 is 0. The van der Waals surface area contributed by atoms with Gasteiger partial charge in [-0.2, -0.15) is 0 Å². The van der Waals surface area contributed by atoms with Crippen LogP contribution >= 0.6 is 0 Å². The summed E-state index contributed by atoms with van der Waals surface area (Å²) in [6.07, 6.45) is 2.61. The molecule has 1 N–H and O–H groups in total. The first kappa shape index (κ1) is 12.2. The molecule has 0 aliphatic rings. The van der Waals surface area contributed by atoms with Crippen molar-refractivity contribution < 1.29 is 9.84 Å². The quantitative estimate of drug-likeness (QED) is 0.791. The molecule has 2 aromatic carbocycles. The van der Waals surface area contributed by atoms with Crippen molar-refractivity contribution in [1.82, 2.24) is 14.8 Å². The monoisotopic (exact) mass is 266 g/mol. The molecule has 0 bridgehead atoms. The molecule has 0 atom stereocenters. The van der Waals surface area contributed by atoms with Crippen molar-refractivity contribution in [2.75, 3.05) is 7.11 Å². The molecule has 0 unspecified atom stereocenters. The van der Waals surface area contributed by atoms with Gasteiger partial charge in [-0.05, 0) is 48.5 Å². The molecule has 0 saturated heterocycles. The van der Waals surface area contributed by atoms with Crippen molar-refractivity contribution in [3.05, 3.63) is 54.9 Å². The number of aromatic hydroxyl groups is 1. The first-order valence-electron chi connectivity index (χ1n) is 6.05. The van der Waals surface area contributed by atoms with E-state index < -0.39 is 0 Å². The van der Waals surface area contributed by atoms with Gasteiger partial charge in [-0.3, -0.25) is 0 Å². The van der Waals surface area contributed by atoms with Crippen LogP contribution in [-0.2, 0) is 0 Å². The van der Waals surface area contributed by atoms with Gasteiger partial charge in [0.15, 0.2) is 5.82 Å². The van der Waals surface area contributed by atoms with E-state index in [2.05, 4.69) is 16.4 Å². The van der Waals surface area contributed by atoms with Crippen LogP contribution in [0.1, 0.15) is 0 Å². The number of hydrogen-bond donors (Lipinski definition) is 1. The summed E-state index contributed by atoms with van der Waals surface area (Å²) in [6, 6.07) is 14.3. The smallest absolute Gasteiger partial charge is 0.221 e. The lowest BCUT2D eigenvalue weighted by Crippen LogP contribution is -1.99. The maximum atomic E-state index is 9.33. The lowest BCUT2D eigenvalue weighted by atomic mass is 10.2. The van der Waals surface area contributed by atoms with Gasteiger partial charge >= 0.3 is 0 Å². The van der Waals surface area contributed by atoms with Crippen molar-refractivity contribution in [2.45, 2.75) is 0 Å². The fraction of sp³-hybridized carbons (Fsp3) is 0.0667. The summed E-state index contributed by atoms with van der Waals surface area (Å²) in [5.41, 5.74) is 1.72. The van der Waals surface area contributed by atoms with Crippen LogP contribution in [0.3, 0.4) is 0 Å². The average Bonchev–Trinajstić information content (AvgIpc) is 2.97. The SMILES string of the molecule is COc1ccc(-n2n[c]nc2-c2ccc(O)cc2)cc1. The van der Waals surface area contributed by atoms with Gasteiger partial charge in [0.1, 0.15) is 11.5 Å². The minimum absolute atomic E-state index is 0.216. The molecule has 0 amide bonds. The van der Waals surface area contributed by atoms with Gasteiger partial charge in [-0.1, -0.05) is 0 Å². The Kier molecular flexibility index (Phi) is 3.09. The third-order valence-electron chi connectivity index (χ3n) is 2.94. The predicted molar refractivity (Wildman–Crippen MR) is 73.8 cm³/mol. The molecule has 0 aliphatic heterocycles. The van der Waals surface area contributed by atoms with Crippen LogP contribution in [0.25, 0.3) is 17.1 Å². The number of rotatable bonds is 3. The Balaban J connectivity index is 2.02. The van der Waals surface area contributed by atoms with E-state index in [9.17, 15) is 5.11 Å². The third kappa shape index (κ3) is 2.21. The summed E-state index contributed by atoms with van der Waals surface area (Å²) in [5, 5.41) is 13.5. The van der Waals surface area contributed by atoms with Crippen molar-refractivity contribution in [3.8, 4) is 28.6 Å². The molecule has 0 aliphatic carbocycles. The summed E-state index contributed by atoms with van der Waals surface area (Å²) in [7, 11) is 1.63. The van der Waals surface area contributed by atoms with E-state index in [0.717, 1.165) is 17.0 Å². The van der Waals surface area contributed by atoms with Gasteiger partial charge in [-0.15, -0.1) is 5.10 Å². The molecular weight excluding hydrogens is 254 g/mol. The lowest BCUT2D eigenvalue weighted by molar-refractivity contribution is 0.414. The zero-order valence-electron chi connectivity index (χ0n) is 10.8. The summed E-state index contributed by atoms with van der Waals surface area (Å²) in [6.45, 7) is 0. The molecule has 5 heteroatoms. The van der Waals surface area contributed by atoms with Gasteiger partial charge in [0.25, 0.3) is 0 Å². The van der Waals surface area contributed by atoms with E-state index in [0.29, 0.717) is 5.82 Å². The Morgan fingerprint density at radius 1 is 1.05 bits per heavy atom. The second kappa shape index (κ2) is 5.05. The zero-order chi connectivity index (χ0) is 13.9. The van der Waals surface area contributed by atoms with E-state index >= 15 is 0 Å². The Bertz CT molecular complexity index is 703. The standard InChI is InChI=1S/C15H12N3O2/c1-20-14-8-4-12(5-9-14)18-15(16-10-17-18)11-2-6-13(19)7-3-11/h2-9,19H,1H3. The summed E-state index contributed by atoms with van der Waals surface area (Å²) in [4.78, 5) is 4.15. The molecule has 99 valence electrons. The van der Waals surface area contributed by atoms with Crippen LogP contribution in [0.2, 0.25) is 0 Å². The second-order valence-electron chi connectivity index (χ2n) is 4.19. The molecule has 0 saturated carbocycles. The van der Waals surface area contributed by atoms with Crippen molar-refractivity contribution in [3.63, 3.8) is 0 Å². The average molecular weight is 266 g/mol. The first-order chi connectivity index (χ1) is 9.78. The van der Waals surface area contributed by atoms with Crippen molar-refractivity contribution in [1.29, 1.82) is 0 Å². The van der Waals surface area contributed by atoms with E-state index in [-0.39, 0.29) is 5.75 Å². The van der Waals surface area contributed by atoms with Gasteiger partial charge < -0.3 is 9.84 Å². The van der Waals surface area contributed by atoms with Gasteiger partial charge in [0, 0.05) is 5.56 Å². The van der Waals surface area contributed by atoms with Crippen LogP contribution in [0.5, 0.6) is 11.5 Å². The number of aromatic nitrogens is 3. The molecule has 3 aromatic rings. The molecule has 1 radical (unpaired) electrons. The van der Waals surface area contributed by atoms with Gasteiger partial charge in [-0.25, -0.2) is 9.67 Å². The van der Waals surface area contributed by atoms with Crippen LogP contribution in [0.4, 0.5) is 0 Å². The summed E-state index contributed by atoms with van der Waals surface area (Å²) < 4.78 is 6.82. The second-order valence-corrected chi connectivity index (χ2v) is 4.19. The molecule has 1 heterocycles. The lowest BCUT2D eigenvalue weighted by Gasteiger charge is -2.07. The van der Waals surface area contributed by atoms with Gasteiger partial charge in [0.2, 0.25) is 6.33 Å². The highest BCUT2D eigenvalue weighted by molar-refractivity contribution is 5.58. The van der Waals surface area contributed by atoms with Crippen LogP contribution in [0, 0.1) is 6.33 Å². The maximum absolute atomic E-state index is 9.33. The first-order valence-corrected chi connectivity index (χ1v) is 6.05. The van der Waals surface area contributed by atoms with Gasteiger partial charge in [0.05, 0.1) is 12.8 Å². The Morgan fingerprint density at radius 2 is 1.75 bits per heavy atom. The van der Waals surface area contributed by atoms with E-state index in [1.54, 1.807) is 36.1 Å². The topological polar surface area (TPSA) is 60.2 Å². The van der Waals surface area contributed by atoms with Crippen LogP contribution in [0.15, 0.2) is 48.5 Å². The number of phenolic OH excluding ortho intramolecular Hbond substituents is 1. The number of nitrogens with zero attached hydrogens (tertiary/aromatic N) is 3. The minimum Gasteiger partial charge on any atom is -0.508 e. The highest BCUT2D eigenvalue weighted by Gasteiger charge is 2.09.